The molecule has 7 heteroatoms. The average Bonchev–Trinajstić information content (AvgIpc) is 2.55. The summed E-state index contributed by atoms with van der Waals surface area (Å²) in [6, 6.07) is 7.97. The predicted molar refractivity (Wildman–Crippen MR) is 95.6 cm³/mol. The summed E-state index contributed by atoms with van der Waals surface area (Å²) in [5.41, 5.74) is 1.24. The monoisotopic (exact) mass is 372 g/mol. The highest BCUT2D eigenvalue weighted by atomic mass is 35.5. The van der Waals surface area contributed by atoms with Crippen LogP contribution in [0.25, 0.3) is 0 Å². The largest absolute Gasteiger partial charge is 0.372 e. The fraction of sp³-hybridized carbons (Fsp3) is 0.647. The third kappa shape index (κ3) is 4.49. The van der Waals surface area contributed by atoms with Crippen LogP contribution in [0.1, 0.15) is 25.3 Å². The second-order valence-electron chi connectivity index (χ2n) is 6.92. The van der Waals surface area contributed by atoms with E-state index in [1.807, 2.05) is 12.1 Å². The lowest BCUT2D eigenvalue weighted by atomic mass is 9.83. The number of sulfonamides is 1. The fourth-order valence-corrected chi connectivity index (χ4v) is 4.22. The van der Waals surface area contributed by atoms with Crippen molar-refractivity contribution in [1.82, 2.24) is 9.62 Å². The van der Waals surface area contributed by atoms with Crippen LogP contribution >= 0.6 is 11.6 Å². The van der Waals surface area contributed by atoms with Crippen LogP contribution in [0, 0.1) is 5.92 Å². The zero-order valence-corrected chi connectivity index (χ0v) is 15.6. The fourth-order valence-electron chi connectivity index (χ4n) is 3.40. The molecule has 5 nitrogen and oxygen atoms in total. The van der Waals surface area contributed by atoms with Crippen LogP contribution in [-0.4, -0.2) is 50.9 Å². The van der Waals surface area contributed by atoms with E-state index in [4.69, 9.17) is 16.3 Å². The number of ether oxygens (including phenoxy) is 1. The Labute approximate surface area is 149 Å². The topological polar surface area (TPSA) is 58.6 Å². The van der Waals surface area contributed by atoms with Crippen LogP contribution in [-0.2, 0) is 21.3 Å². The van der Waals surface area contributed by atoms with Gasteiger partial charge in [0.25, 0.3) is 0 Å². The van der Waals surface area contributed by atoms with Gasteiger partial charge in [0.1, 0.15) is 0 Å². The third-order valence-electron chi connectivity index (χ3n) is 4.95. The Morgan fingerprint density at radius 3 is 2.62 bits per heavy atom. The minimum Gasteiger partial charge on any atom is -0.372 e. The van der Waals surface area contributed by atoms with Crippen molar-refractivity contribution in [3.05, 3.63) is 34.9 Å². The van der Waals surface area contributed by atoms with Crippen LogP contribution in [0.2, 0.25) is 5.02 Å². The van der Waals surface area contributed by atoms with Crippen molar-refractivity contribution in [2.24, 2.45) is 5.92 Å². The second-order valence-corrected chi connectivity index (χ2v) is 9.45. The highest BCUT2D eigenvalue weighted by Gasteiger charge is 2.46. The number of nitrogens with one attached hydrogen (secondary N) is 1. The van der Waals surface area contributed by atoms with E-state index in [9.17, 15) is 8.42 Å². The first-order valence-electron chi connectivity index (χ1n) is 8.48. The standard InChI is InChI=1S/C17H25ClN2O3S/c1-2-24(21,22)19-9-15-7-8-17(23-11-15)12-20(13-17)10-14-3-5-16(18)6-4-14/h3-6,15,19H,2,7-13H2,1H3/t15-/m0/s1. The SMILES string of the molecule is CCS(=O)(=O)NC[C@@H]1CCC2(CN(Cc3ccc(Cl)cc3)C2)OC1. The lowest BCUT2D eigenvalue weighted by Crippen LogP contribution is -2.64. The molecule has 24 heavy (non-hydrogen) atoms. The minimum atomic E-state index is -3.11. The van der Waals surface area contributed by atoms with Crippen LogP contribution in [0.3, 0.4) is 0 Å². The van der Waals surface area contributed by atoms with Crippen molar-refractivity contribution < 1.29 is 13.2 Å². The van der Waals surface area contributed by atoms with E-state index in [-0.39, 0.29) is 17.3 Å². The van der Waals surface area contributed by atoms with Crippen LogP contribution in [0.5, 0.6) is 0 Å². The normalized spacial score (nSPS) is 24.0. The maximum absolute atomic E-state index is 11.5. The quantitative estimate of drug-likeness (QED) is 0.832. The highest BCUT2D eigenvalue weighted by Crippen LogP contribution is 2.36. The molecule has 0 aliphatic carbocycles. The molecule has 134 valence electrons. The average molecular weight is 373 g/mol. The van der Waals surface area contributed by atoms with Gasteiger partial charge in [-0.25, -0.2) is 13.1 Å². The molecule has 2 aliphatic rings. The van der Waals surface area contributed by atoms with Gasteiger partial charge >= 0.3 is 0 Å². The molecule has 1 spiro atoms. The molecule has 2 heterocycles. The van der Waals surface area contributed by atoms with Gasteiger partial charge in [0.15, 0.2) is 0 Å². The molecule has 3 rings (SSSR count). The summed E-state index contributed by atoms with van der Waals surface area (Å²) in [7, 11) is -3.11. The first kappa shape index (κ1) is 18.1. The van der Waals surface area contributed by atoms with Gasteiger partial charge in [-0.3, -0.25) is 4.90 Å². The molecule has 0 amide bonds. The van der Waals surface area contributed by atoms with E-state index in [1.54, 1.807) is 6.92 Å². The van der Waals surface area contributed by atoms with Gasteiger partial charge in [-0.2, -0.15) is 0 Å². The Bertz CT molecular complexity index is 647. The predicted octanol–water partition coefficient (Wildman–Crippen LogP) is 2.26. The first-order chi connectivity index (χ1) is 11.4. The molecule has 0 radical (unpaired) electrons. The zero-order chi connectivity index (χ0) is 17.2. The van der Waals surface area contributed by atoms with E-state index in [0.717, 1.165) is 37.5 Å². The molecular weight excluding hydrogens is 348 g/mol. The van der Waals surface area contributed by atoms with Gasteiger partial charge in [0.05, 0.1) is 18.0 Å². The molecule has 0 aromatic heterocycles. The number of halogens is 1. The Hall–Kier alpha value is -0.660. The molecule has 2 aliphatic heterocycles. The molecule has 1 aromatic carbocycles. The smallest absolute Gasteiger partial charge is 0.211 e. The van der Waals surface area contributed by atoms with Crippen molar-refractivity contribution in [2.75, 3.05) is 32.0 Å². The number of hydrogen-bond acceptors (Lipinski definition) is 4. The molecule has 0 bridgehead atoms. The molecular formula is C17H25ClN2O3S. The highest BCUT2D eigenvalue weighted by molar-refractivity contribution is 7.89. The van der Waals surface area contributed by atoms with Gasteiger partial charge in [-0.1, -0.05) is 23.7 Å². The molecule has 2 fully saturated rings. The number of rotatable bonds is 6. The Morgan fingerprint density at radius 2 is 2.04 bits per heavy atom. The number of hydrogen-bond donors (Lipinski definition) is 1. The Balaban J connectivity index is 1.41. The van der Waals surface area contributed by atoms with E-state index in [2.05, 4.69) is 21.8 Å². The summed E-state index contributed by atoms with van der Waals surface area (Å²) in [6.45, 7) is 5.59. The molecule has 1 aromatic rings. The lowest BCUT2D eigenvalue weighted by Gasteiger charge is -2.53. The number of nitrogens with zero attached hydrogens (tertiary/aromatic N) is 1. The van der Waals surface area contributed by atoms with Crippen molar-refractivity contribution in [3.8, 4) is 0 Å². The van der Waals surface area contributed by atoms with Crippen LogP contribution in [0.15, 0.2) is 24.3 Å². The summed E-state index contributed by atoms with van der Waals surface area (Å²) < 4.78 is 31.8. The van der Waals surface area contributed by atoms with Gasteiger partial charge in [0, 0.05) is 31.2 Å². The second kappa shape index (κ2) is 7.30. The molecule has 1 atom stereocenters. The van der Waals surface area contributed by atoms with Gasteiger partial charge in [-0.05, 0) is 43.4 Å². The summed E-state index contributed by atoms with van der Waals surface area (Å²) in [4.78, 5) is 2.38. The van der Waals surface area contributed by atoms with E-state index >= 15 is 0 Å². The molecule has 1 N–H and O–H groups in total. The lowest BCUT2D eigenvalue weighted by molar-refractivity contribution is -0.181. The van der Waals surface area contributed by atoms with Crippen molar-refractivity contribution >= 4 is 21.6 Å². The summed E-state index contributed by atoms with van der Waals surface area (Å²) in [5, 5.41) is 0.763. The number of benzene rings is 1. The van der Waals surface area contributed by atoms with Gasteiger partial charge in [0.2, 0.25) is 10.0 Å². The van der Waals surface area contributed by atoms with Crippen molar-refractivity contribution in [3.63, 3.8) is 0 Å². The van der Waals surface area contributed by atoms with Gasteiger partial charge in [-0.15, -0.1) is 0 Å². The van der Waals surface area contributed by atoms with E-state index < -0.39 is 10.0 Å². The van der Waals surface area contributed by atoms with E-state index in [0.29, 0.717) is 13.2 Å². The number of likely N-dealkylation sites (tertiary alicyclic amines) is 1. The van der Waals surface area contributed by atoms with Crippen molar-refractivity contribution in [2.45, 2.75) is 31.9 Å². The van der Waals surface area contributed by atoms with Crippen molar-refractivity contribution in [1.29, 1.82) is 0 Å². The maximum Gasteiger partial charge on any atom is 0.211 e. The summed E-state index contributed by atoms with van der Waals surface area (Å²) in [6.07, 6.45) is 2.02. The Morgan fingerprint density at radius 1 is 1.33 bits per heavy atom. The maximum atomic E-state index is 11.5. The van der Waals surface area contributed by atoms with Crippen LogP contribution in [0.4, 0.5) is 0 Å². The summed E-state index contributed by atoms with van der Waals surface area (Å²) >= 11 is 5.91. The molecule has 0 unspecified atom stereocenters. The zero-order valence-electron chi connectivity index (χ0n) is 14.0. The first-order valence-corrected chi connectivity index (χ1v) is 10.5. The molecule has 0 saturated carbocycles. The molecule has 2 saturated heterocycles. The Kier molecular flexibility index (Phi) is 5.52. The summed E-state index contributed by atoms with van der Waals surface area (Å²) in [5.74, 6) is 0.409. The third-order valence-corrected chi connectivity index (χ3v) is 6.57. The van der Waals surface area contributed by atoms with E-state index in [1.165, 1.54) is 5.56 Å². The van der Waals surface area contributed by atoms with Crippen LogP contribution < -0.4 is 4.72 Å². The minimum absolute atomic E-state index is 0.0213. The van der Waals surface area contributed by atoms with Gasteiger partial charge < -0.3 is 4.74 Å².